The van der Waals surface area contributed by atoms with E-state index in [1.807, 2.05) is 0 Å². The minimum atomic E-state index is -0.0643. The number of benzene rings is 1. The van der Waals surface area contributed by atoms with Crippen LogP contribution in [0.5, 0.6) is 0 Å². The fourth-order valence-electron chi connectivity index (χ4n) is 2.50. The maximum Gasteiger partial charge on any atom is 0.191 e. The van der Waals surface area contributed by atoms with Crippen molar-refractivity contribution in [1.82, 2.24) is 10.6 Å². The molecule has 0 amide bonds. The van der Waals surface area contributed by atoms with Crippen molar-refractivity contribution in [3.63, 3.8) is 0 Å². The Hall–Kier alpha value is -1.07. The summed E-state index contributed by atoms with van der Waals surface area (Å²) in [5, 5.41) is 6.71. The summed E-state index contributed by atoms with van der Waals surface area (Å²) in [7, 11) is 1.79. The predicted molar refractivity (Wildman–Crippen MR) is 90.7 cm³/mol. The third-order valence-corrected chi connectivity index (χ3v) is 4.40. The van der Waals surface area contributed by atoms with Crippen LogP contribution in [0.4, 0.5) is 0 Å². The monoisotopic (exact) mass is 353 g/mol. The predicted octanol–water partition coefficient (Wildman–Crippen LogP) is 2.99. The van der Waals surface area contributed by atoms with Crippen LogP contribution in [0.3, 0.4) is 0 Å². The molecule has 2 N–H and O–H groups in total. The van der Waals surface area contributed by atoms with Gasteiger partial charge in [0.15, 0.2) is 5.96 Å². The smallest absolute Gasteiger partial charge is 0.191 e. The molecule has 1 fully saturated rings. The Morgan fingerprint density at radius 3 is 2.86 bits per heavy atom. The summed E-state index contributed by atoms with van der Waals surface area (Å²) in [5.41, 5.74) is 2.47. The van der Waals surface area contributed by atoms with Crippen molar-refractivity contribution in [1.29, 1.82) is 0 Å². The van der Waals surface area contributed by atoms with E-state index >= 15 is 0 Å². The first-order valence-corrected chi connectivity index (χ1v) is 8.15. The molecule has 1 saturated heterocycles. The van der Waals surface area contributed by atoms with Crippen molar-refractivity contribution >= 4 is 21.9 Å². The number of hydrogen-bond acceptors (Lipinski definition) is 2. The lowest BCUT2D eigenvalue weighted by atomic mass is 10.0. The standard InChI is InChI=1S/C16H24BrN3O/c1-12-9-14(17)6-5-13(12)10-19-15(18-3)20-11-16(2)7-4-8-21-16/h5-6,9H,4,7-8,10-11H2,1-3H3,(H2,18,19,20). The Bertz CT molecular complexity index is 510. The molecule has 116 valence electrons. The maximum absolute atomic E-state index is 5.78. The first-order valence-electron chi connectivity index (χ1n) is 7.36. The molecule has 1 aliphatic heterocycles. The molecule has 21 heavy (non-hydrogen) atoms. The molecule has 4 nitrogen and oxygen atoms in total. The first kappa shape index (κ1) is 16.3. The van der Waals surface area contributed by atoms with Crippen molar-refractivity contribution in [3.05, 3.63) is 33.8 Å². The first-order chi connectivity index (χ1) is 10.0. The van der Waals surface area contributed by atoms with E-state index < -0.39 is 0 Å². The highest BCUT2D eigenvalue weighted by Gasteiger charge is 2.29. The van der Waals surface area contributed by atoms with Gasteiger partial charge in [-0.05, 0) is 49.9 Å². The lowest BCUT2D eigenvalue weighted by Gasteiger charge is -2.24. The molecule has 1 unspecified atom stereocenters. The molecule has 2 rings (SSSR count). The molecule has 0 aromatic heterocycles. The molecule has 0 spiro atoms. The highest BCUT2D eigenvalue weighted by atomic mass is 79.9. The molecule has 1 aromatic rings. The Morgan fingerprint density at radius 2 is 2.24 bits per heavy atom. The number of aryl methyl sites for hydroxylation is 1. The quantitative estimate of drug-likeness (QED) is 0.646. The zero-order valence-electron chi connectivity index (χ0n) is 13.0. The Morgan fingerprint density at radius 1 is 1.43 bits per heavy atom. The van der Waals surface area contributed by atoms with Gasteiger partial charge in [-0.25, -0.2) is 0 Å². The summed E-state index contributed by atoms with van der Waals surface area (Å²) < 4.78 is 6.89. The third-order valence-electron chi connectivity index (χ3n) is 3.90. The maximum atomic E-state index is 5.78. The average Bonchev–Trinajstić information content (AvgIpc) is 2.88. The fraction of sp³-hybridized carbons (Fsp3) is 0.562. The number of ether oxygens (including phenoxy) is 1. The number of hydrogen-bond donors (Lipinski definition) is 2. The van der Waals surface area contributed by atoms with Gasteiger partial charge in [0, 0.05) is 31.2 Å². The van der Waals surface area contributed by atoms with Gasteiger partial charge in [0.25, 0.3) is 0 Å². The van der Waals surface area contributed by atoms with Gasteiger partial charge < -0.3 is 15.4 Å². The number of nitrogens with zero attached hydrogens (tertiary/aromatic N) is 1. The molecule has 5 heteroatoms. The van der Waals surface area contributed by atoms with Crippen LogP contribution >= 0.6 is 15.9 Å². The summed E-state index contributed by atoms with van der Waals surface area (Å²) in [6.45, 7) is 6.68. The average molecular weight is 354 g/mol. The van der Waals surface area contributed by atoms with Gasteiger partial charge in [-0.1, -0.05) is 22.0 Å². The van der Waals surface area contributed by atoms with Crippen molar-refractivity contribution < 1.29 is 4.74 Å². The molecular formula is C16H24BrN3O. The molecule has 0 aliphatic carbocycles. The second kappa shape index (κ2) is 7.27. The summed E-state index contributed by atoms with van der Waals surface area (Å²) in [5.74, 6) is 0.814. The normalized spacial score (nSPS) is 22.4. The number of nitrogens with one attached hydrogen (secondary N) is 2. The van der Waals surface area contributed by atoms with Crippen LogP contribution in [0.25, 0.3) is 0 Å². The Kier molecular flexibility index (Phi) is 5.65. The van der Waals surface area contributed by atoms with Crippen LogP contribution in [0.2, 0.25) is 0 Å². The largest absolute Gasteiger partial charge is 0.373 e. The van der Waals surface area contributed by atoms with E-state index in [1.165, 1.54) is 11.1 Å². The fourth-order valence-corrected chi connectivity index (χ4v) is 2.98. The minimum Gasteiger partial charge on any atom is -0.373 e. The van der Waals surface area contributed by atoms with Crippen LogP contribution in [-0.4, -0.2) is 31.8 Å². The Labute approximate surface area is 135 Å². The van der Waals surface area contributed by atoms with Gasteiger partial charge in [-0.2, -0.15) is 0 Å². The number of guanidine groups is 1. The van der Waals surface area contributed by atoms with E-state index in [1.54, 1.807) is 7.05 Å². The van der Waals surface area contributed by atoms with E-state index in [0.29, 0.717) is 0 Å². The summed E-state index contributed by atoms with van der Waals surface area (Å²) in [6, 6.07) is 6.31. The second-order valence-electron chi connectivity index (χ2n) is 5.75. The van der Waals surface area contributed by atoms with Crippen LogP contribution in [0.1, 0.15) is 30.9 Å². The van der Waals surface area contributed by atoms with Gasteiger partial charge in [-0.3, -0.25) is 4.99 Å². The van der Waals surface area contributed by atoms with Crippen molar-refractivity contribution in [3.8, 4) is 0 Å². The molecule has 0 radical (unpaired) electrons. The highest BCUT2D eigenvalue weighted by molar-refractivity contribution is 9.10. The molecule has 1 heterocycles. The number of aliphatic imine (C=N–C) groups is 1. The van der Waals surface area contributed by atoms with E-state index in [-0.39, 0.29) is 5.60 Å². The van der Waals surface area contributed by atoms with Crippen LogP contribution in [-0.2, 0) is 11.3 Å². The highest BCUT2D eigenvalue weighted by Crippen LogP contribution is 2.23. The summed E-state index contributed by atoms with van der Waals surface area (Å²) >= 11 is 3.49. The molecule has 0 saturated carbocycles. The zero-order chi connectivity index (χ0) is 15.3. The molecule has 0 bridgehead atoms. The molecule has 1 aliphatic rings. The van der Waals surface area contributed by atoms with E-state index in [2.05, 4.69) is 63.6 Å². The van der Waals surface area contributed by atoms with Gasteiger partial charge >= 0.3 is 0 Å². The van der Waals surface area contributed by atoms with Crippen LogP contribution in [0.15, 0.2) is 27.7 Å². The van der Waals surface area contributed by atoms with Gasteiger partial charge in [0.1, 0.15) is 0 Å². The van der Waals surface area contributed by atoms with Gasteiger partial charge in [0.05, 0.1) is 5.60 Å². The third kappa shape index (κ3) is 4.71. The van der Waals surface area contributed by atoms with Crippen LogP contribution < -0.4 is 10.6 Å². The number of halogens is 1. The lowest BCUT2D eigenvalue weighted by Crippen LogP contribution is -2.45. The summed E-state index contributed by atoms with van der Waals surface area (Å²) in [4.78, 5) is 4.27. The zero-order valence-corrected chi connectivity index (χ0v) is 14.6. The van der Waals surface area contributed by atoms with Crippen LogP contribution in [0, 0.1) is 6.92 Å². The Balaban J connectivity index is 1.85. The van der Waals surface area contributed by atoms with Gasteiger partial charge in [0.2, 0.25) is 0 Å². The van der Waals surface area contributed by atoms with Crippen molar-refractivity contribution in [2.75, 3.05) is 20.2 Å². The summed E-state index contributed by atoms with van der Waals surface area (Å²) in [6.07, 6.45) is 2.24. The van der Waals surface area contributed by atoms with E-state index in [4.69, 9.17) is 4.74 Å². The molecular weight excluding hydrogens is 330 g/mol. The topological polar surface area (TPSA) is 45.7 Å². The molecule has 1 aromatic carbocycles. The minimum absolute atomic E-state index is 0.0643. The lowest BCUT2D eigenvalue weighted by molar-refractivity contribution is 0.0243. The van der Waals surface area contributed by atoms with Gasteiger partial charge in [-0.15, -0.1) is 0 Å². The SMILES string of the molecule is CN=C(NCc1ccc(Br)cc1C)NCC1(C)CCCO1. The van der Waals surface area contributed by atoms with E-state index in [9.17, 15) is 0 Å². The van der Waals surface area contributed by atoms with Crippen molar-refractivity contribution in [2.24, 2.45) is 4.99 Å². The van der Waals surface area contributed by atoms with Crippen molar-refractivity contribution in [2.45, 2.75) is 38.8 Å². The second-order valence-corrected chi connectivity index (χ2v) is 6.67. The van der Waals surface area contributed by atoms with E-state index in [0.717, 1.165) is 43.0 Å². The molecule has 1 atom stereocenters. The number of rotatable bonds is 4.